The van der Waals surface area contributed by atoms with Gasteiger partial charge in [-0.3, -0.25) is 9.69 Å². The van der Waals surface area contributed by atoms with E-state index < -0.39 is 0 Å². The number of methoxy groups -OCH3 is 2. The molecule has 1 fully saturated rings. The Kier molecular flexibility index (Phi) is 6.29. The summed E-state index contributed by atoms with van der Waals surface area (Å²) in [6.45, 7) is 1.83. The van der Waals surface area contributed by atoms with Crippen LogP contribution in [0.15, 0.2) is 54.6 Å². The fraction of sp³-hybridized carbons (Fsp3) is 0.409. The van der Waals surface area contributed by atoms with Gasteiger partial charge in [-0.05, 0) is 42.6 Å². The van der Waals surface area contributed by atoms with Gasteiger partial charge in [0.1, 0.15) is 5.75 Å². The molecule has 26 heavy (non-hydrogen) atoms. The molecule has 0 spiro atoms. The summed E-state index contributed by atoms with van der Waals surface area (Å²) in [7, 11) is 3.16. The van der Waals surface area contributed by atoms with E-state index in [1.807, 2.05) is 42.5 Å². The molecule has 0 aromatic heterocycles. The highest BCUT2D eigenvalue weighted by molar-refractivity contribution is 5.79. The molecule has 1 saturated heterocycles. The molecule has 2 aromatic carbocycles. The minimum atomic E-state index is -0.250. The minimum Gasteiger partial charge on any atom is -0.497 e. The number of carbonyl (C=O) groups is 1. The second-order valence-corrected chi connectivity index (χ2v) is 6.79. The second kappa shape index (κ2) is 8.86. The second-order valence-electron chi connectivity index (χ2n) is 6.79. The van der Waals surface area contributed by atoms with E-state index in [0.29, 0.717) is 0 Å². The van der Waals surface area contributed by atoms with Crippen molar-refractivity contribution in [2.75, 3.05) is 20.8 Å². The summed E-state index contributed by atoms with van der Waals surface area (Å²) in [6, 6.07) is 18.3. The highest BCUT2D eigenvalue weighted by atomic mass is 16.5. The van der Waals surface area contributed by atoms with E-state index in [1.54, 1.807) is 7.11 Å². The Hall–Kier alpha value is -2.33. The van der Waals surface area contributed by atoms with Crippen molar-refractivity contribution >= 4 is 5.97 Å². The first-order valence-electron chi connectivity index (χ1n) is 9.22. The van der Waals surface area contributed by atoms with E-state index in [2.05, 4.69) is 17.0 Å². The van der Waals surface area contributed by atoms with Gasteiger partial charge in [-0.1, -0.05) is 48.9 Å². The summed E-state index contributed by atoms with van der Waals surface area (Å²) in [5, 5.41) is 0. The number of likely N-dealkylation sites (tertiary alicyclic amines) is 1. The number of benzene rings is 2. The van der Waals surface area contributed by atoms with Crippen LogP contribution in [0.3, 0.4) is 0 Å². The SMILES string of the molecule is COC(=O)[C@H](c1ccccc1)[C@H]1CCCCN1Cc1ccc(OC)cc1. The average molecular weight is 353 g/mol. The highest BCUT2D eigenvalue weighted by Crippen LogP contribution is 2.32. The van der Waals surface area contributed by atoms with Crippen molar-refractivity contribution in [3.8, 4) is 5.75 Å². The zero-order valence-corrected chi connectivity index (χ0v) is 15.6. The Balaban J connectivity index is 1.84. The van der Waals surface area contributed by atoms with Crippen LogP contribution in [0.25, 0.3) is 0 Å². The van der Waals surface area contributed by atoms with E-state index in [-0.39, 0.29) is 17.9 Å². The smallest absolute Gasteiger partial charge is 0.314 e. The van der Waals surface area contributed by atoms with Crippen molar-refractivity contribution in [1.82, 2.24) is 4.90 Å². The molecule has 4 nitrogen and oxygen atoms in total. The standard InChI is InChI=1S/C22H27NO3/c1-25-19-13-11-17(12-14-19)16-23-15-7-6-10-20(23)21(22(24)26-2)18-8-4-3-5-9-18/h3-5,8-9,11-14,20-21H,6-7,10,15-16H2,1-2H3/t20-,21-/m1/s1. The summed E-state index contributed by atoms with van der Waals surface area (Å²) in [5.41, 5.74) is 2.26. The van der Waals surface area contributed by atoms with Gasteiger partial charge >= 0.3 is 5.97 Å². The molecule has 2 atom stereocenters. The van der Waals surface area contributed by atoms with Crippen LogP contribution in [0.1, 0.15) is 36.3 Å². The molecule has 0 N–H and O–H groups in total. The van der Waals surface area contributed by atoms with Crippen LogP contribution in [-0.4, -0.2) is 37.7 Å². The van der Waals surface area contributed by atoms with Gasteiger partial charge in [-0.25, -0.2) is 0 Å². The van der Waals surface area contributed by atoms with Crippen LogP contribution in [0.5, 0.6) is 5.75 Å². The minimum absolute atomic E-state index is 0.150. The van der Waals surface area contributed by atoms with E-state index in [0.717, 1.165) is 43.7 Å². The zero-order valence-electron chi connectivity index (χ0n) is 15.6. The van der Waals surface area contributed by atoms with Gasteiger partial charge in [0.2, 0.25) is 0 Å². The van der Waals surface area contributed by atoms with Gasteiger partial charge in [0.05, 0.1) is 20.1 Å². The van der Waals surface area contributed by atoms with Gasteiger partial charge in [0, 0.05) is 12.6 Å². The lowest BCUT2D eigenvalue weighted by atomic mass is 9.85. The van der Waals surface area contributed by atoms with Crippen LogP contribution in [0.2, 0.25) is 0 Å². The summed E-state index contributed by atoms with van der Waals surface area (Å²) in [6.07, 6.45) is 3.31. The summed E-state index contributed by atoms with van der Waals surface area (Å²) in [4.78, 5) is 15.1. The third-order valence-corrected chi connectivity index (χ3v) is 5.21. The maximum absolute atomic E-state index is 12.6. The number of piperidine rings is 1. The number of ether oxygens (including phenoxy) is 2. The van der Waals surface area contributed by atoms with Gasteiger partial charge < -0.3 is 9.47 Å². The Morgan fingerprint density at radius 2 is 1.81 bits per heavy atom. The van der Waals surface area contributed by atoms with Crippen LogP contribution in [-0.2, 0) is 16.1 Å². The van der Waals surface area contributed by atoms with Crippen molar-refractivity contribution < 1.29 is 14.3 Å². The van der Waals surface area contributed by atoms with Crippen molar-refractivity contribution in [3.05, 3.63) is 65.7 Å². The van der Waals surface area contributed by atoms with E-state index >= 15 is 0 Å². The lowest BCUT2D eigenvalue weighted by Gasteiger charge is -2.39. The fourth-order valence-corrected chi connectivity index (χ4v) is 3.86. The quantitative estimate of drug-likeness (QED) is 0.736. The normalized spacial score (nSPS) is 18.9. The highest BCUT2D eigenvalue weighted by Gasteiger charge is 2.36. The fourth-order valence-electron chi connectivity index (χ4n) is 3.86. The first kappa shape index (κ1) is 18.5. The first-order chi connectivity index (χ1) is 12.7. The number of hydrogen-bond acceptors (Lipinski definition) is 4. The van der Waals surface area contributed by atoms with Crippen LogP contribution < -0.4 is 4.74 Å². The molecule has 1 aliphatic heterocycles. The van der Waals surface area contributed by atoms with Crippen molar-refractivity contribution in [2.45, 2.75) is 37.8 Å². The largest absolute Gasteiger partial charge is 0.497 e. The van der Waals surface area contributed by atoms with Crippen molar-refractivity contribution in [1.29, 1.82) is 0 Å². The summed E-state index contributed by atoms with van der Waals surface area (Å²) >= 11 is 0. The number of rotatable bonds is 6. The Morgan fingerprint density at radius 1 is 1.08 bits per heavy atom. The zero-order chi connectivity index (χ0) is 18.4. The van der Waals surface area contributed by atoms with Crippen LogP contribution >= 0.6 is 0 Å². The van der Waals surface area contributed by atoms with E-state index in [4.69, 9.17) is 9.47 Å². The Morgan fingerprint density at radius 3 is 2.46 bits per heavy atom. The number of nitrogens with zero attached hydrogens (tertiary/aromatic N) is 1. The van der Waals surface area contributed by atoms with E-state index in [9.17, 15) is 4.79 Å². The maximum atomic E-state index is 12.6. The number of carbonyl (C=O) groups excluding carboxylic acids is 1. The van der Waals surface area contributed by atoms with Crippen molar-refractivity contribution in [3.63, 3.8) is 0 Å². The molecule has 0 unspecified atom stereocenters. The third kappa shape index (κ3) is 4.25. The van der Waals surface area contributed by atoms with Gasteiger partial charge in [0.25, 0.3) is 0 Å². The van der Waals surface area contributed by atoms with Gasteiger partial charge in [0.15, 0.2) is 0 Å². The number of hydrogen-bond donors (Lipinski definition) is 0. The molecule has 0 radical (unpaired) electrons. The predicted molar refractivity (Wildman–Crippen MR) is 102 cm³/mol. The molecule has 3 rings (SSSR count). The molecule has 0 bridgehead atoms. The molecule has 1 aliphatic rings. The lowest BCUT2D eigenvalue weighted by molar-refractivity contribution is -0.144. The molecule has 0 saturated carbocycles. The molecular weight excluding hydrogens is 326 g/mol. The molecular formula is C22H27NO3. The topological polar surface area (TPSA) is 38.8 Å². The summed E-state index contributed by atoms with van der Waals surface area (Å²) < 4.78 is 10.4. The van der Waals surface area contributed by atoms with Crippen LogP contribution in [0.4, 0.5) is 0 Å². The molecule has 2 aromatic rings. The average Bonchev–Trinajstić information content (AvgIpc) is 2.70. The maximum Gasteiger partial charge on any atom is 0.314 e. The molecule has 1 heterocycles. The Bertz CT molecular complexity index is 699. The monoisotopic (exact) mass is 353 g/mol. The van der Waals surface area contributed by atoms with Crippen LogP contribution in [0, 0.1) is 0 Å². The van der Waals surface area contributed by atoms with Gasteiger partial charge in [-0.2, -0.15) is 0 Å². The van der Waals surface area contributed by atoms with E-state index in [1.165, 1.54) is 12.7 Å². The number of esters is 1. The molecule has 0 aliphatic carbocycles. The van der Waals surface area contributed by atoms with Gasteiger partial charge in [-0.15, -0.1) is 0 Å². The summed E-state index contributed by atoms with van der Waals surface area (Å²) in [5.74, 6) is 0.461. The molecule has 138 valence electrons. The predicted octanol–water partition coefficient (Wildman–Crippen LogP) is 4.01. The first-order valence-corrected chi connectivity index (χ1v) is 9.22. The van der Waals surface area contributed by atoms with Crippen molar-refractivity contribution in [2.24, 2.45) is 0 Å². The molecule has 0 amide bonds. The molecule has 4 heteroatoms. The third-order valence-electron chi connectivity index (χ3n) is 5.21. The Labute approximate surface area is 155 Å². The lowest BCUT2D eigenvalue weighted by Crippen LogP contribution is -2.45.